The van der Waals surface area contributed by atoms with E-state index in [2.05, 4.69) is 17.2 Å². The number of hydrogen-bond acceptors (Lipinski definition) is 4. The van der Waals surface area contributed by atoms with Crippen LogP contribution in [-0.2, 0) is 0 Å². The molecule has 1 aromatic heterocycles. The van der Waals surface area contributed by atoms with Crippen LogP contribution < -0.4 is 16.8 Å². The van der Waals surface area contributed by atoms with Gasteiger partial charge in [0.15, 0.2) is 0 Å². The second kappa shape index (κ2) is 8.34. The number of carbonyl (C=O) groups is 1. The summed E-state index contributed by atoms with van der Waals surface area (Å²) in [5.41, 5.74) is 11.7. The maximum absolute atomic E-state index is 11.3. The number of unbranched alkanes of at least 4 members (excludes halogenated alkanes) is 5. The summed E-state index contributed by atoms with van der Waals surface area (Å²) in [4.78, 5) is 15.4. The summed E-state index contributed by atoms with van der Waals surface area (Å²) in [6, 6.07) is 1.55. The molecule has 0 spiro atoms. The number of nitrogen functional groups attached to an aromatic ring is 1. The fraction of sp³-hybridized carbons (Fsp3) is 0.571. The molecular formula is C14H24N4O. The molecule has 1 rings (SSSR count). The number of rotatable bonds is 9. The zero-order valence-electron chi connectivity index (χ0n) is 11.6. The highest BCUT2D eigenvalue weighted by atomic mass is 16.1. The molecule has 0 radical (unpaired) electrons. The zero-order chi connectivity index (χ0) is 14.1. The van der Waals surface area contributed by atoms with Crippen LogP contribution in [0, 0.1) is 0 Å². The standard InChI is InChI=1S/C14H24N4O/c1-2-3-4-5-6-7-8-17-14-12(13(16)19)9-11(15)10-18-14/h9-10H,2-8,15H2,1H3,(H2,16,19)(H,17,18). The Labute approximate surface area is 114 Å². The highest BCUT2D eigenvalue weighted by Crippen LogP contribution is 2.15. The predicted octanol–water partition coefficient (Wildman–Crippen LogP) is 2.54. The highest BCUT2D eigenvalue weighted by molar-refractivity contribution is 5.98. The Morgan fingerprint density at radius 3 is 2.63 bits per heavy atom. The number of carbonyl (C=O) groups excluding carboxylic acids is 1. The molecule has 0 aromatic carbocycles. The van der Waals surface area contributed by atoms with E-state index in [1.54, 1.807) is 6.07 Å². The molecule has 0 bridgehead atoms. The number of nitrogens with one attached hydrogen (secondary N) is 1. The first-order valence-electron chi connectivity index (χ1n) is 6.94. The van der Waals surface area contributed by atoms with Crippen molar-refractivity contribution in [1.82, 2.24) is 4.98 Å². The number of aromatic nitrogens is 1. The average molecular weight is 264 g/mol. The van der Waals surface area contributed by atoms with Gasteiger partial charge in [-0.05, 0) is 12.5 Å². The fourth-order valence-electron chi connectivity index (χ4n) is 1.92. The molecule has 0 saturated carbocycles. The van der Waals surface area contributed by atoms with E-state index in [9.17, 15) is 4.79 Å². The van der Waals surface area contributed by atoms with Crippen molar-refractivity contribution >= 4 is 17.4 Å². The summed E-state index contributed by atoms with van der Waals surface area (Å²) < 4.78 is 0. The third kappa shape index (κ3) is 5.59. The first kappa shape index (κ1) is 15.3. The van der Waals surface area contributed by atoms with Gasteiger partial charge in [0.05, 0.1) is 17.4 Å². The van der Waals surface area contributed by atoms with Crippen LogP contribution in [0.5, 0.6) is 0 Å². The first-order chi connectivity index (χ1) is 9.15. The molecule has 1 aromatic rings. The monoisotopic (exact) mass is 264 g/mol. The highest BCUT2D eigenvalue weighted by Gasteiger charge is 2.09. The Balaban J connectivity index is 2.35. The van der Waals surface area contributed by atoms with E-state index in [4.69, 9.17) is 11.5 Å². The molecule has 0 atom stereocenters. The number of nitrogens with zero attached hydrogens (tertiary/aromatic N) is 1. The van der Waals surface area contributed by atoms with Crippen molar-refractivity contribution in [2.75, 3.05) is 17.6 Å². The zero-order valence-corrected chi connectivity index (χ0v) is 11.6. The van der Waals surface area contributed by atoms with Crippen molar-refractivity contribution in [2.45, 2.75) is 45.4 Å². The van der Waals surface area contributed by atoms with Gasteiger partial charge in [0.25, 0.3) is 5.91 Å². The lowest BCUT2D eigenvalue weighted by molar-refractivity contribution is 0.100. The van der Waals surface area contributed by atoms with E-state index < -0.39 is 5.91 Å². The van der Waals surface area contributed by atoms with E-state index in [1.807, 2.05) is 0 Å². The van der Waals surface area contributed by atoms with Gasteiger partial charge < -0.3 is 16.8 Å². The summed E-state index contributed by atoms with van der Waals surface area (Å²) in [6.45, 7) is 3.00. The Kier molecular flexibility index (Phi) is 6.71. The number of primary amides is 1. The van der Waals surface area contributed by atoms with Gasteiger partial charge in [-0.15, -0.1) is 0 Å². The van der Waals surface area contributed by atoms with Gasteiger partial charge in [-0.1, -0.05) is 39.0 Å². The summed E-state index contributed by atoms with van der Waals surface area (Å²) in [6.07, 6.45) is 8.89. The van der Waals surface area contributed by atoms with Gasteiger partial charge in [-0.3, -0.25) is 4.79 Å². The van der Waals surface area contributed by atoms with E-state index in [0.717, 1.165) is 13.0 Å². The Hall–Kier alpha value is -1.78. The van der Waals surface area contributed by atoms with Crippen molar-refractivity contribution < 1.29 is 4.79 Å². The SMILES string of the molecule is CCCCCCCCNc1ncc(N)cc1C(N)=O. The molecule has 0 saturated heterocycles. The lowest BCUT2D eigenvalue weighted by Crippen LogP contribution is -2.16. The summed E-state index contributed by atoms with van der Waals surface area (Å²) in [5, 5.41) is 3.15. The minimum absolute atomic E-state index is 0.353. The number of amides is 1. The molecule has 1 heterocycles. The van der Waals surface area contributed by atoms with Crippen LogP contribution in [0.4, 0.5) is 11.5 Å². The summed E-state index contributed by atoms with van der Waals surface area (Å²) >= 11 is 0. The van der Waals surface area contributed by atoms with E-state index in [1.165, 1.54) is 38.3 Å². The van der Waals surface area contributed by atoms with E-state index in [-0.39, 0.29) is 0 Å². The lowest BCUT2D eigenvalue weighted by Gasteiger charge is -2.09. The van der Waals surface area contributed by atoms with Gasteiger partial charge in [-0.2, -0.15) is 0 Å². The van der Waals surface area contributed by atoms with Crippen LogP contribution in [0.2, 0.25) is 0 Å². The maximum Gasteiger partial charge on any atom is 0.252 e. The smallest absolute Gasteiger partial charge is 0.252 e. The van der Waals surface area contributed by atoms with Crippen LogP contribution in [0.25, 0.3) is 0 Å². The minimum atomic E-state index is -0.509. The second-order valence-corrected chi connectivity index (χ2v) is 4.72. The molecule has 5 N–H and O–H groups in total. The molecular weight excluding hydrogens is 240 g/mol. The van der Waals surface area contributed by atoms with Crippen molar-refractivity contribution in [3.8, 4) is 0 Å². The number of pyridine rings is 1. The Bertz CT molecular complexity index is 406. The minimum Gasteiger partial charge on any atom is -0.397 e. The van der Waals surface area contributed by atoms with Crippen molar-refractivity contribution in [2.24, 2.45) is 5.73 Å². The van der Waals surface area contributed by atoms with Crippen LogP contribution in [-0.4, -0.2) is 17.4 Å². The van der Waals surface area contributed by atoms with Gasteiger partial charge in [0, 0.05) is 6.54 Å². The molecule has 0 aliphatic carbocycles. The van der Waals surface area contributed by atoms with Crippen LogP contribution in [0.1, 0.15) is 55.8 Å². The average Bonchev–Trinajstić information content (AvgIpc) is 2.39. The molecule has 106 valence electrons. The lowest BCUT2D eigenvalue weighted by atomic mass is 10.1. The summed E-state index contributed by atoms with van der Waals surface area (Å²) in [5.74, 6) is 0.0144. The summed E-state index contributed by atoms with van der Waals surface area (Å²) in [7, 11) is 0. The fourth-order valence-corrected chi connectivity index (χ4v) is 1.92. The van der Waals surface area contributed by atoms with E-state index >= 15 is 0 Å². The Morgan fingerprint density at radius 1 is 1.26 bits per heavy atom. The maximum atomic E-state index is 11.3. The third-order valence-corrected chi connectivity index (χ3v) is 3.00. The number of hydrogen-bond donors (Lipinski definition) is 3. The van der Waals surface area contributed by atoms with E-state index in [0.29, 0.717) is 17.1 Å². The molecule has 5 nitrogen and oxygen atoms in total. The molecule has 1 amide bonds. The quantitative estimate of drug-likeness (QED) is 0.597. The number of nitrogens with two attached hydrogens (primary N) is 2. The molecule has 19 heavy (non-hydrogen) atoms. The topological polar surface area (TPSA) is 94.0 Å². The Morgan fingerprint density at radius 2 is 1.95 bits per heavy atom. The molecule has 0 aliphatic heterocycles. The number of anilines is 2. The molecule has 0 aliphatic rings. The van der Waals surface area contributed by atoms with Gasteiger partial charge in [0.2, 0.25) is 0 Å². The van der Waals surface area contributed by atoms with Crippen LogP contribution in [0.3, 0.4) is 0 Å². The predicted molar refractivity (Wildman–Crippen MR) is 79.0 cm³/mol. The molecule has 0 fully saturated rings. The van der Waals surface area contributed by atoms with Crippen molar-refractivity contribution in [3.05, 3.63) is 17.8 Å². The molecule has 5 heteroatoms. The first-order valence-corrected chi connectivity index (χ1v) is 6.94. The van der Waals surface area contributed by atoms with Crippen molar-refractivity contribution in [1.29, 1.82) is 0 Å². The normalized spacial score (nSPS) is 10.4. The van der Waals surface area contributed by atoms with Gasteiger partial charge in [-0.25, -0.2) is 4.98 Å². The van der Waals surface area contributed by atoms with Gasteiger partial charge in [0.1, 0.15) is 5.82 Å². The van der Waals surface area contributed by atoms with Crippen molar-refractivity contribution in [3.63, 3.8) is 0 Å². The second-order valence-electron chi connectivity index (χ2n) is 4.72. The van der Waals surface area contributed by atoms with Crippen LogP contribution in [0.15, 0.2) is 12.3 Å². The largest absolute Gasteiger partial charge is 0.397 e. The third-order valence-electron chi connectivity index (χ3n) is 3.00. The molecule has 0 unspecified atom stereocenters. The van der Waals surface area contributed by atoms with Gasteiger partial charge >= 0.3 is 0 Å². The van der Waals surface area contributed by atoms with Crippen LogP contribution >= 0.6 is 0 Å².